The van der Waals surface area contributed by atoms with E-state index >= 15 is 0 Å². The van der Waals surface area contributed by atoms with Gasteiger partial charge in [0.2, 0.25) is 0 Å². The van der Waals surface area contributed by atoms with Crippen LogP contribution in [0.2, 0.25) is 0 Å². The Labute approximate surface area is 209 Å². The summed E-state index contributed by atoms with van der Waals surface area (Å²) in [6.07, 6.45) is -0.230. The molecule has 0 radical (unpaired) electrons. The van der Waals surface area contributed by atoms with Gasteiger partial charge >= 0.3 is 13.2 Å². The van der Waals surface area contributed by atoms with Gasteiger partial charge in [-0.05, 0) is 78.9 Å². The molecule has 2 aliphatic rings. The van der Waals surface area contributed by atoms with Crippen molar-refractivity contribution in [3.05, 3.63) is 23.3 Å². The summed E-state index contributed by atoms with van der Waals surface area (Å²) in [6.45, 7) is 29.2. The summed E-state index contributed by atoms with van der Waals surface area (Å²) in [7, 11) is -0.356. The van der Waals surface area contributed by atoms with Crippen LogP contribution >= 0.6 is 0 Å². The van der Waals surface area contributed by atoms with E-state index in [0.717, 1.165) is 18.6 Å². The van der Waals surface area contributed by atoms with E-state index in [0.29, 0.717) is 13.1 Å². The van der Waals surface area contributed by atoms with Crippen molar-refractivity contribution in [2.45, 2.75) is 107 Å². The minimum Gasteiger partial charge on any atom is -0.444 e. The molecule has 0 bridgehead atoms. The molecule has 34 heavy (non-hydrogen) atoms. The second-order valence-electron chi connectivity index (χ2n) is 10.5. The van der Waals surface area contributed by atoms with Gasteiger partial charge in [0.15, 0.2) is 0 Å². The average Bonchev–Trinajstić information content (AvgIpc) is 2.97. The Bertz CT molecular complexity index is 770. The van der Waals surface area contributed by atoms with Crippen LogP contribution in [0.1, 0.15) is 87.3 Å². The number of anilines is 1. The van der Waals surface area contributed by atoms with E-state index in [1.54, 1.807) is 4.90 Å². The van der Waals surface area contributed by atoms with Crippen LogP contribution in [0.4, 0.5) is 10.5 Å². The van der Waals surface area contributed by atoms with Crippen LogP contribution in [-0.4, -0.2) is 61.1 Å². The Hall–Kier alpha value is -1.73. The van der Waals surface area contributed by atoms with Crippen LogP contribution < -0.4 is 10.4 Å². The Morgan fingerprint density at radius 2 is 1.29 bits per heavy atom. The van der Waals surface area contributed by atoms with Gasteiger partial charge in [-0.2, -0.15) is 0 Å². The molecule has 0 spiro atoms. The van der Waals surface area contributed by atoms with Crippen molar-refractivity contribution < 1.29 is 18.8 Å². The summed E-state index contributed by atoms with van der Waals surface area (Å²) in [4.78, 5) is 16.5. The normalized spacial score (nSPS) is 19.0. The fraction of sp³-hybridized carbons (Fsp3) is 0.741. The van der Waals surface area contributed by atoms with Crippen molar-refractivity contribution in [1.29, 1.82) is 0 Å². The molecule has 0 aromatic heterocycles. The number of carbonyl (C=O) groups excluding carboxylic acids is 1. The molecule has 0 aliphatic carbocycles. The van der Waals surface area contributed by atoms with Crippen LogP contribution in [0.5, 0.6) is 0 Å². The molecule has 0 atom stereocenters. The first-order chi connectivity index (χ1) is 15.7. The van der Waals surface area contributed by atoms with Crippen molar-refractivity contribution in [2.75, 3.05) is 31.1 Å². The van der Waals surface area contributed by atoms with E-state index in [9.17, 15) is 4.79 Å². The highest BCUT2D eigenvalue weighted by atomic mass is 16.7. The zero-order valence-corrected chi connectivity index (χ0v) is 24.1. The van der Waals surface area contributed by atoms with E-state index in [4.69, 9.17) is 14.0 Å². The number of hydrogen-bond donors (Lipinski definition) is 0. The van der Waals surface area contributed by atoms with Crippen LogP contribution in [0.3, 0.4) is 0 Å². The highest BCUT2D eigenvalue weighted by molar-refractivity contribution is 6.62. The lowest BCUT2D eigenvalue weighted by Gasteiger charge is -2.38. The van der Waals surface area contributed by atoms with E-state index in [2.05, 4.69) is 58.6 Å². The zero-order valence-electron chi connectivity index (χ0n) is 24.1. The summed E-state index contributed by atoms with van der Waals surface area (Å²) in [6, 6.07) is 4.34. The highest BCUT2D eigenvalue weighted by Gasteiger charge is 2.51. The van der Waals surface area contributed by atoms with Crippen molar-refractivity contribution in [2.24, 2.45) is 0 Å². The fourth-order valence-electron chi connectivity index (χ4n) is 4.04. The number of nitrogens with zero attached hydrogens (tertiary/aromatic N) is 2. The maximum Gasteiger partial charge on any atom is 0.494 e. The predicted molar refractivity (Wildman–Crippen MR) is 144 cm³/mol. The molecule has 2 saturated heterocycles. The van der Waals surface area contributed by atoms with Gasteiger partial charge in [-0.15, -0.1) is 0 Å². The number of carbonyl (C=O) groups is 1. The molecule has 7 heteroatoms. The molecule has 3 rings (SSSR count). The van der Waals surface area contributed by atoms with Gasteiger partial charge < -0.3 is 23.8 Å². The van der Waals surface area contributed by atoms with Gasteiger partial charge in [-0.1, -0.05) is 39.8 Å². The lowest BCUT2D eigenvalue weighted by molar-refractivity contribution is 0.00578. The minimum absolute atomic E-state index is 0.230. The Kier molecular flexibility index (Phi) is 10.5. The molecule has 0 N–H and O–H groups in total. The molecule has 0 saturated carbocycles. The van der Waals surface area contributed by atoms with Gasteiger partial charge in [-0.3, -0.25) is 0 Å². The lowest BCUT2D eigenvalue weighted by atomic mass is 9.77. The molecular weight excluding hydrogens is 427 g/mol. The first-order valence-corrected chi connectivity index (χ1v) is 12.9. The van der Waals surface area contributed by atoms with Crippen molar-refractivity contribution in [1.82, 2.24) is 4.90 Å². The van der Waals surface area contributed by atoms with Gasteiger partial charge in [-0.25, -0.2) is 4.79 Å². The van der Waals surface area contributed by atoms with Gasteiger partial charge in [0, 0.05) is 31.9 Å². The molecule has 2 aliphatic heterocycles. The molecule has 194 valence electrons. The quantitative estimate of drug-likeness (QED) is 0.512. The van der Waals surface area contributed by atoms with Crippen molar-refractivity contribution >= 4 is 24.4 Å². The number of amides is 1. The van der Waals surface area contributed by atoms with Crippen LogP contribution in [0.15, 0.2) is 12.1 Å². The first kappa shape index (κ1) is 30.3. The molecular formula is C27H49BN2O4. The lowest BCUT2D eigenvalue weighted by Crippen LogP contribution is -2.50. The molecule has 6 nitrogen and oxygen atoms in total. The maximum absolute atomic E-state index is 12.3. The second-order valence-corrected chi connectivity index (χ2v) is 10.5. The summed E-state index contributed by atoms with van der Waals surface area (Å²) < 4.78 is 18.0. The number of benzene rings is 1. The van der Waals surface area contributed by atoms with E-state index in [1.165, 1.54) is 16.8 Å². The molecule has 1 aromatic carbocycles. The largest absolute Gasteiger partial charge is 0.494 e. The second kappa shape index (κ2) is 11.8. The van der Waals surface area contributed by atoms with E-state index in [1.807, 2.05) is 48.5 Å². The summed E-state index contributed by atoms with van der Waals surface area (Å²) >= 11 is 0. The third-order valence-corrected chi connectivity index (χ3v) is 6.29. The maximum atomic E-state index is 12.3. The number of aryl methyl sites for hydroxylation is 2. The molecule has 1 amide bonds. The predicted octanol–water partition coefficient (Wildman–Crippen LogP) is 5.71. The Morgan fingerprint density at radius 3 is 1.68 bits per heavy atom. The zero-order chi connectivity index (χ0) is 26.5. The SMILES string of the molecule is CC.CC.Cc1cc(B2OC(C)(C)C(C)(C)O2)cc(C)c1N1CCN(C(=O)OC(C)(C)C)CC1. The fourth-order valence-corrected chi connectivity index (χ4v) is 4.04. The first-order valence-electron chi connectivity index (χ1n) is 12.9. The van der Waals surface area contributed by atoms with Crippen LogP contribution in [-0.2, 0) is 14.0 Å². The highest BCUT2D eigenvalue weighted by Crippen LogP contribution is 2.37. The van der Waals surface area contributed by atoms with Crippen molar-refractivity contribution in [3.63, 3.8) is 0 Å². The summed E-state index contributed by atoms with van der Waals surface area (Å²) in [5, 5.41) is 0. The number of piperazine rings is 1. The molecule has 2 fully saturated rings. The summed E-state index contributed by atoms with van der Waals surface area (Å²) in [5.41, 5.74) is 3.52. The van der Waals surface area contributed by atoms with Crippen molar-refractivity contribution in [3.8, 4) is 0 Å². The average molecular weight is 477 g/mol. The monoisotopic (exact) mass is 476 g/mol. The number of hydrogen-bond acceptors (Lipinski definition) is 5. The van der Waals surface area contributed by atoms with Gasteiger partial charge in [0.05, 0.1) is 11.2 Å². The smallest absolute Gasteiger partial charge is 0.444 e. The number of ether oxygens (including phenoxy) is 1. The molecule has 1 aromatic rings. The standard InChI is InChI=1S/C23H37BN2O4.2C2H6/c1-16-14-18(24-29-22(6,7)23(8,9)30-24)15-17(2)19(16)25-10-12-26(13-11-25)20(27)28-21(3,4)5;2*1-2/h14-15H,10-13H2,1-9H3;2*1-2H3. The minimum atomic E-state index is -0.468. The summed E-state index contributed by atoms with van der Waals surface area (Å²) in [5.74, 6) is 0. The van der Waals surface area contributed by atoms with Crippen LogP contribution in [0, 0.1) is 13.8 Å². The third kappa shape index (κ3) is 7.14. The van der Waals surface area contributed by atoms with E-state index < -0.39 is 5.60 Å². The molecule has 0 unspecified atom stereocenters. The van der Waals surface area contributed by atoms with Crippen LogP contribution in [0.25, 0.3) is 0 Å². The Balaban J connectivity index is 0.00000137. The molecule has 2 heterocycles. The topological polar surface area (TPSA) is 51.2 Å². The third-order valence-electron chi connectivity index (χ3n) is 6.29. The van der Waals surface area contributed by atoms with Gasteiger partial charge in [0.25, 0.3) is 0 Å². The van der Waals surface area contributed by atoms with E-state index in [-0.39, 0.29) is 24.4 Å². The number of rotatable bonds is 2. The van der Waals surface area contributed by atoms with Gasteiger partial charge in [0.1, 0.15) is 5.60 Å². The Morgan fingerprint density at radius 1 is 0.882 bits per heavy atom.